The molecule has 0 radical (unpaired) electrons. The molecule has 0 saturated carbocycles. The van der Waals surface area contributed by atoms with E-state index in [1.807, 2.05) is 12.1 Å². The van der Waals surface area contributed by atoms with Gasteiger partial charge >= 0.3 is 0 Å². The van der Waals surface area contributed by atoms with Crippen LogP contribution in [0.25, 0.3) is 0 Å². The fourth-order valence-corrected chi connectivity index (χ4v) is 0.631. The summed E-state index contributed by atoms with van der Waals surface area (Å²) in [4.78, 5) is 0. The molecule has 0 N–H and O–H groups in total. The van der Waals surface area contributed by atoms with Crippen LogP contribution in [0.5, 0.6) is 0 Å². The third-order valence-corrected chi connectivity index (χ3v) is 1.23. The summed E-state index contributed by atoms with van der Waals surface area (Å²) in [6, 6.07) is 3.99. The summed E-state index contributed by atoms with van der Waals surface area (Å²) >= 11 is 0. The number of methoxy groups -OCH3 is 1. The van der Waals surface area contributed by atoms with Gasteiger partial charge in [-0.1, -0.05) is 0 Å². The highest BCUT2D eigenvalue weighted by Crippen LogP contribution is 2.03. The molecule has 0 amide bonds. The molecule has 0 aromatic rings. The summed E-state index contributed by atoms with van der Waals surface area (Å²) in [6.07, 6.45) is 1.42. The average molecular weight is 138 g/mol. The molecule has 0 aromatic carbocycles. The minimum atomic E-state index is -0.0651. The Morgan fingerprint density at radius 3 is 2.50 bits per heavy atom. The van der Waals surface area contributed by atoms with Crippen LogP contribution in [0.2, 0.25) is 0 Å². The number of ether oxygens (including phenoxy) is 1. The maximum atomic E-state index is 8.25. The van der Waals surface area contributed by atoms with Crippen molar-refractivity contribution in [3.8, 4) is 12.1 Å². The molecule has 0 fully saturated rings. The van der Waals surface area contributed by atoms with Crippen molar-refractivity contribution in [2.24, 2.45) is 0 Å². The Labute approximate surface area is 60.8 Å². The first-order valence-corrected chi connectivity index (χ1v) is 3.11. The lowest BCUT2D eigenvalue weighted by Gasteiger charge is -2.07. The molecule has 10 heavy (non-hydrogen) atoms. The molecule has 3 nitrogen and oxygen atoms in total. The van der Waals surface area contributed by atoms with Crippen molar-refractivity contribution in [2.75, 3.05) is 7.11 Å². The van der Waals surface area contributed by atoms with Crippen molar-refractivity contribution in [2.45, 2.75) is 25.4 Å². The van der Waals surface area contributed by atoms with Crippen molar-refractivity contribution >= 4 is 0 Å². The van der Waals surface area contributed by atoms with E-state index in [2.05, 4.69) is 0 Å². The van der Waals surface area contributed by atoms with E-state index in [9.17, 15) is 0 Å². The molecule has 0 aliphatic rings. The Balaban J connectivity index is 3.44. The van der Waals surface area contributed by atoms with Gasteiger partial charge in [0.2, 0.25) is 0 Å². The third-order valence-electron chi connectivity index (χ3n) is 1.23. The Morgan fingerprint density at radius 1 is 1.40 bits per heavy atom. The highest BCUT2D eigenvalue weighted by atomic mass is 16.5. The average Bonchev–Trinajstić information content (AvgIpc) is 1.98. The molecule has 0 heterocycles. The predicted molar refractivity (Wildman–Crippen MR) is 35.9 cm³/mol. The standard InChI is InChI=1S/C7H10N2O/c1-10-7(4-6-9)3-2-5-8/h7H,2-4H2,1H3/t7-/m0/s1. The molecule has 0 unspecified atom stereocenters. The van der Waals surface area contributed by atoms with Crippen molar-refractivity contribution in [1.82, 2.24) is 0 Å². The van der Waals surface area contributed by atoms with E-state index in [0.717, 1.165) is 0 Å². The van der Waals surface area contributed by atoms with Crippen LogP contribution >= 0.6 is 0 Å². The fraction of sp³-hybridized carbons (Fsp3) is 0.714. The van der Waals surface area contributed by atoms with E-state index in [4.69, 9.17) is 15.3 Å². The molecule has 0 bridgehead atoms. The first-order chi connectivity index (χ1) is 4.85. The summed E-state index contributed by atoms with van der Waals surface area (Å²) in [5.74, 6) is 0. The van der Waals surface area contributed by atoms with E-state index in [1.165, 1.54) is 0 Å². The number of hydrogen-bond acceptors (Lipinski definition) is 3. The van der Waals surface area contributed by atoms with Crippen molar-refractivity contribution in [3.63, 3.8) is 0 Å². The van der Waals surface area contributed by atoms with Crippen LogP contribution in [0.15, 0.2) is 0 Å². The van der Waals surface area contributed by atoms with E-state index in [0.29, 0.717) is 19.3 Å². The third kappa shape index (κ3) is 3.88. The number of rotatable bonds is 4. The summed E-state index contributed by atoms with van der Waals surface area (Å²) in [7, 11) is 1.55. The van der Waals surface area contributed by atoms with E-state index < -0.39 is 0 Å². The van der Waals surface area contributed by atoms with Crippen LogP contribution in [0.4, 0.5) is 0 Å². The molecule has 0 aromatic heterocycles. The van der Waals surface area contributed by atoms with Gasteiger partial charge in [-0.15, -0.1) is 0 Å². The zero-order valence-corrected chi connectivity index (χ0v) is 6.00. The zero-order valence-electron chi connectivity index (χ0n) is 6.00. The van der Waals surface area contributed by atoms with Crippen LogP contribution in [0.3, 0.4) is 0 Å². The summed E-state index contributed by atoms with van der Waals surface area (Å²) in [6.45, 7) is 0. The first-order valence-electron chi connectivity index (χ1n) is 3.11. The molecular weight excluding hydrogens is 128 g/mol. The fourth-order valence-electron chi connectivity index (χ4n) is 0.631. The predicted octanol–water partition coefficient (Wildman–Crippen LogP) is 1.22. The van der Waals surface area contributed by atoms with E-state index >= 15 is 0 Å². The maximum Gasteiger partial charge on any atom is 0.0711 e. The van der Waals surface area contributed by atoms with Crippen molar-refractivity contribution in [1.29, 1.82) is 10.5 Å². The van der Waals surface area contributed by atoms with Gasteiger partial charge in [0.15, 0.2) is 0 Å². The molecule has 54 valence electrons. The Morgan fingerprint density at radius 2 is 2.10 bits per heavy atom. The minimum absolute atomic E-state index is 0.0651. The molecule has 0 saturated heterocycles. The molecule has 1 atom stereocenters. The maximum absolute atomic E-state index is 8.25. The number of hydrogen-bond donors (Lipinski definition) is 0. The van der Waals surface area contributed by atoms with Gasteiger partial charge in [-0.05, 0) is 6.42 Å². The van der Waals surface area contributed by atoms with Gasteiger partial charge < -0.3 is 4.74 Å². The summed E-state index contributed by atoms with van der Waals surface area (Å²) < 4.78 is 4.92. The number of nitriles is 2. The van der Waals surface area contributed by atoms with Crippen molar-refractivity contribution in [3.05, 3.63) is 0 Å². The molecule has 0 aliphatic carbocycles. The van der Waals surface area contributed by atoms with Gasteiger partial charge in [0.1, 0.15) is 0 Å². The van der Waals surface area contributed by atoms with Crippen LogP contribution in [0.1, 0.15) is 19.3 Å². The quantitative estimate of drug-likeness (QED) is 0.586. The van der Waals surface area contributed by atoms with Crippen LogP contribution in [-0.2, 0) is 4.74 Å². The van der Waals surface area contributed by atoms with Gasteiger partial charge in [0, 0.05) is 13.5 Å². The van der Waals surface area contributed by atoms with E-state index in [1.54, 1.807) is 7.11 Å². The Bertz CT molecular complexity index is 154. The van der Waals surface area contributed by atoms with Gasteiger partial charge in [-0.25, -0.2) is 0 Å². The number of nitrogens with zero attached hydrogens (tertiary/aromatic N) is 2. The van der Waals surface area contributed by atoms with Crippen molar-refractivity contribution < 1.29 is 4.74 Å². The van der Waals surface area contributed by atoms with Gasteiger partial charge in [0.05, 0.1) is 24.7 Å². The summed E-state index contributed by atoms with van der Waals surface area (Å²) in [5.41, 5.74) is 0. The Kier molecular flexibility index (Phi) is 5.42. The van der Waals surface area contributed by atoms with E-state index in [-0.39, 0.29) is 6.10 Å². The van der Waals surface area contributed by atoms with Crippen LogP contribution < -0.4 is 0 Å². The Hall–Kier alpha value is -1.06. The van der Waals surface area contributed by atoms with Crippen LogP contribution in [0, 0.1) is 22.7 Å². The lowest BCUT2D eigenvalue weighted by atomic mass is 10.1. The highest BCUT2D eigenvalue weighted by molar-refractivity contribution is 4.79. The van der Waals surface area contributed by atoms with Gasteiger partial charge in [-0.2, -0.15) is 10.5 Å². The van der Waals surface area contributed by atoms with Gasteiger partial charge in [-0.3, -0.25) is 0 Å². The minimum Gasteiger partial charge on any atom is -0.380 e. The zero-order chi connectivity index (χ0) is 7.82. The SMILES string of the molecule is CO[C@H](CC#N)CCC#N. The molecular formula is C7H10N2O. The van der Waals surface area contributed by atoms with Crippen LogP contribution in [-0.4, -0.2) is 13.2 Å². The molecule has 3 heteroatoms. The summed E-state index contributed by atoms with van der Waals surface area (Å²) in [5, 5.41) is 16.4. The largest absolute Gasteiger partial charge is 0.380 e. The second kappa shape index (κ2) is 6.07. The first kappa shape index (κ1) is 8.94. The monoisotopic (exact) mass is 138 g/mol. The molecule has 0 spiro atoms. The second-order valence-electron chi connectivity index (χ2n) is 1.92. The topological polar surface area (TPSA) is 56.8 Å². The normalized spacial score (nSPS) is 11.5. The highest BCUT2D eigenvalue weighted by Gasteiger charge is 2.04. The second-order valence-corrected chi connectivity index (χ2v) is 1.92. The lowest BCUT2D eigenvalue weighted by Crippen LogP contribution is -2.08. The molecule has 0 aliphatic heterocycles. The molecule has 0 rings (SSSR count). The van der Waals surface area contributed by atoms with Gasteiger partial charge in [0.25, 0.3) is 0 Å². The smallest absolute Gasteiger partial charge is 0.0711 e. The lowest BCUT2D eigenvalue weighted by molar-refractivity contribution is 0.100.